The summed E-state index contributed by atoms with van der Waals surface area (Å²) in [5.41, 5.74) is 6.71. The molecule has 94 valence electrons. The second-order valence-electron chi connectivity index (χ2n) is 3.51. The number of halogens is 2. The molecule has 1 aromatic carbocycles. The summed E-state index contributed by atoms with van der Waals surface area (Å²) in [5, 5.41) is 2.54. The van der Waals surface area contributed by atoms with E-state index < -0.39 is 5.82 Å². The van der Waals surface area contributed by atoms with Gasteiger partial charge in [-0.2, -0.15) is 0 Å². The standard InChI is InChI=1S/C11H15BrFN3O/c1-3-16(6-11(17)15-2)10-4-7(12)8(13)5-9(10)14/h4-5H,3,6,14H2,1-2H3,(H,15,17). The molecule has 3 N–H and O–H groups in total. The van der Waals surface area contributed by atoms with Crippen molar-refractivity contribution >= 4 is 33.2 Å². The maximum Gasteiger partial charge on any atom is 0.239 e. The van der Waals surface area contributed by atoms with Crippen molar-refractivity contribution in [1.82, 2.24) is 5.32 Å². The van der Waals surface area contributed by atoms with E-state index in [1.54, 1.807) is 18.0 Å². The van der Waals surface area contributed by atoms with Gasteiger partial charge in [0.2, 0.25) is 5.91 Å². The van der Waals surface area contributed by atoms with Gasteiger partial charge in [0.25, 0.3) is 0 Å². The molecule has 17 heavy (non-hydrogen) atoms. The van der Waals surface area contributed by atoms with Crippen molar-refractivity contribution in [3.8, 4) is 0 Å². The van der Waals surface area contributed by atoms with Crippen LogP contribution in [0.25, 0.3) is 0 Å². The zero-order valence-corrected chi connectivity index (χ0v) is 11.3. The average molecular weight is 304 g/mol. The summed E-state index contributed by atoms with van der Waals surface area (Å²) in [7, 11) is 1.57. The van der Waals surface area contributed by atoms with Crippen LogP contribution in [0.5, 0.6) is 0 Å². The smallest absolute Gasteiger partial charge is 0.239 e. The molecule has 1 aromatic rings. The number of carbonyl (C=O) groups is 1. The topological polar surface area (TPSA) is 58.4 Å². The summed E-state index contributed by atoms with van der Waals surface area (Å²) in [6.45, 7) is 2.70. The highest BCUT2D eigenvalue weighted by molar-refractivity contribution is 9.10. The lowest BCUT2D eigenvalue weighted by molar-refractivity contribution is -0.119. The highest BCUT2D eigenvalue weighted by atomic mass is 79.9. The lowest BCUT2D eigenvalue weighted by Crippen LogP contribution is -2.35. The Morgan fingerprint density at radius 2 is 2.24 bits per heavy atom. The third-order valence-corrected chi connectivity index (χ3v) is 3.01. The molecule has 1 amide bonds. The molecule has 0 aliphatic carbocycles. The number of likely N-dealkylation sites (N-methyl/N-ethyl adjacent to an activating group) is 2. The number of amides is 1. The van der Waals surface area contributed by atoms with E-state index in [2.05, 4.69) is 21.2 Å². The van der Waals surface area contributed by atoms with Crippen LogP contribution in [-0.4, -0.2) is 26.0 Å². The summed E-state index contributed by atoms with van der Waals surface area (Å²) >= 11 is 3.10. The number of benzene rings is 1. The first-order valence-electron chi connectivity index (χ1n) is 5.19. The van der Waals surface area contributed by atoms with Crippen molar-refractivity contribution in [2.75, 3.05) is 30.8 Å². The number of nitrogens with one attached hydrogen (secondary N) is 1. The molecule has 0 saturated carbocycles. The number of nitrogens with zero attached hydrogens (tertiary/aromatic N) is 1. The molecule has 0 spiro atoms. The van der Waals surface area contributed by atoms with Crippen LogP contribution in [0.4, 0.5) is 15.8 Å². The SMILES string of the molecule is CCN(CC(=O)NC)c1cc(Br)c(F)cc1N. The third-order valence-electron chi connectivity index (χ3n) is 2.41. The van der Waals surface area contributed by atoms with Gasteiger partial charge in [0, 0.05) is 19.7 Å². The van der Waals surface area contributed by atoms with E-state index >= 15 is 0 Å². The lowest BCUT2D eigenvalue weighted by atomic mass is 10.2. The quantitative estimate of drug-likeness (QED) is 0.833. The molecule has 0 bridgehead atoms. The Morgan fingerprint density at radius 1 is 1.59 bits per heavy atom. The lowest BCUT2D eigenvalue weighted by Gasteiger charge is -2.24. The number of anilines is 2. The highest BCUT2D eigenvalue weighted by Crippen LogP contribution is 2.29. The molecule has 0 saturated heterocycles. The van der Waals surface area contributed by atoms with Gasteiger partial charge in [0.15, 0.2) is 0 Å². The predicted octanol–water partition coefficient (Wildman–Crippen LogP) is 1.74. The average Bonchev–Trinajstić information content (AvgIpc) is 2.30. The normalized spacial score (nSPS) is 10.1. The highest BCUT2D eigenvalue weighted by Gasteiger charge is 2.14. The molecular formula is C11H15BrFN3O. The molecule has 0 aromatic heterocycles. The second-order valence-corrected chi connectivity index (χ2v) is 4.37. The Kier molecular flexibility index (Phi) is 4.74. The minimum Gasteiger partial charge on any atom is -0.397 e. The van der Waals surface area contributed by atoms with Crippen LogP contribution in [0.3, 0.4) is 0 Å². The summed E-state index contributed by atoms with van der Waals surface area (Å²) in [5.74, 6) is -0.533. The number of rotatable bonds is 4. The summed E-state index contributed by atoms with van der Waals surface area (Å²) in [6.07, 6.45) is 0. The Bertz CT molecular complexity index is 425. The molecule has 4 nitrogen and oxygen atoms in total. The number of hydrogen-bond acceptors (Lipinski definition) is 3. The first kappa shape index (κ1) is 13.8. The fourth-order valence-electron chi connectivity index (χ4n) is 1.45. The van der Waals surface area contributed by atoms with Crippen LogP contribution in [0.1, 0.15) is 6.92 Å². The van der Waals surface area contributed by atoms with E-state index in [9.17, 15) is 9.18 Å². The van der Waals surface area contributed by atoms with E-state index in [1.165, 1.54) is 6.07 Å². The molecular weight excluding hydrogens is 289 g/mol. The van der Waals surface area contributed by atoms with Gasteiger partial charge in [0.1, 0.15) is 5.82 Å². The van der Waals surface area contributed by atoms with E-state index in [1.807, 2.05) is 6.92 Å². The fraction of sp³-hybridized carbons (Fsp3) is 0.364. The molecule has 0 aliphatic heterocycles. The predicted molar refractivity (Wildman–Crippen MR) is 70.5 cm³/mol. The Balaban J connectivity index is 3.03. The van der Waals surface area contributed by atoms with Crippen LogP contribution in [0.2, 0.25) is 0 Å². The van der Waals surface area contributed by atoms with Crippen LogP contribution >= 0.6 is 15.9 Å². The second kappa shape index (κ2) is 5.86. The van der Waals surface area contributed by atoms with Crippen molar-refractivity contribution in [3.05, 3.63) is 22.4 Å². The van der Waals surface area contributed by atoms with Gasteiger partial charge in [-0.25, -0.2) is 4.39 Å². The molecule has 0 heterocycles. The van der Waals surface area contributed by atoms with Crippen LogP contribution < -0.4 is 16.0 Å². The molecule has 1 rings (SSSR count). The van der Waals surface area contributed by atoms with Gasteiger partial charge in [-0.3, -0.25) is 4.79 Å². The van der Waals surface area contributed by atoms with Gasteiger partial charge in [0.05, 0.1) is 22.4 Å². The minimum atomic E-state index is -0.415. The molecule has 0 fully saturated rings. The van der Waals surface area contributed by atoms with Crippen molar-refractivity contribution in [2.45, 2.75) is 6.92 Å². The van der Waals surface area contributed by atoms with Crippen LogP contribution in [-0.2, 0) is 4.79 Å². The first-order chi connectivity index (χ1) is 7.99. The summed E-state index contributed by atoms with van der Waals surface area (Å²) < 4.78 is 13.6. The summed E-state index contributed by atoms with van der Waals surface area (Å²) in [6, 6.07) is 2.82. The zero-order chi connectivity index (χ0) is 13.0. The van der Waals surface area contributed by atoms with Gasteiger partial charge in [-0.15, -0.1) is 0 Å². The Hall–Kier alpha value is -1.30. The largest absolute Gasteiger partial charge is 0.397 e. The van der Waals surface area contributed by atoms with Gasteiger partial charge < -0.3 is 16.0 Å². The van der Waals surface area contributed by atoms with E-state index in [0.29, 0.717) is 22.4 Å². The molecule has 0 radical (unpaired) electrons. The molecule has 0 unspecified atom stereocenters. The van der Waals surface area contributed by atoms with E-state index in [4.69, 9.17) is 5.73 Å². The van der Waals surface area contributed by atoms with Crippen molar-refractivity contribution in [2.24, 2.45) is 0 Å². The number of nitrogen functional groups attached to an aromatic ring is 1. The Labute approximate surface area is 108 Å². The molecule has 0 aliphatic rings. The monoisotopic (exact) mass is 303 g/mol. The van der Waals surface area contributed by atoms with Crippen molar-refractivity contribution in [3.63, 3.8) is 0 Å². The first-order valence-corrected chi connectivity index (χ1v) is 5.99. The van der Waals surface area contributed by atoms with E-state index in [-0.39, 0.29) is 12.5 Å². The van der Waals surface area contributed by atoms with Crippen molar-refractivity contribution < 1.29 is 9.18 Å². The zero-order valence-electron chi connectivity index (χ0n) is 9.76. The fourth-order valence-corrected chi connectivity index (χ4v) is 1.78. The molecule has 0 atom stereocenters. The minimum absolute atomic E-state index is 0.119. The third kappa shape index (κ3) is 3.33. The van der Waals surface area contributed by atoms with Gasteiger partial charge in [-0.1, -0.05) is 0 Å². The van der Waals surface area contributed by atoms with Crippen molar-refractivity contribution in [1.29, 1.82) is 0 Å². The Morgan fingerprint density at radius 3 is 2.76 bits per heavy atom. The van der Waals surface area contributed by atoms with Crippen LogP contribution in [0.15, 0.2) is 16.6 Å². The number of hydrogen-bond donors (Lipinski definition) is 2. The van der Waals surface area contributed by atoms with Gasteiger partial charge >= 0.3 is 0 Å². The van der Waals surface area contributed by atoms with Gasteiger partial charge in [-0.05, 0) is 28.9 Å². The van der Waals surface area contributed by atoms with E-state index in [0.717, 1.165) is 0 Å². The molecule has 6 heteroatoms. The maximum absolute atomic E-state index is 13.2. The summed E-state index contributed by atoms with van der Waals surface area (Å²) in [4.78, 5) is 13.1. The maximum atomic E-state index is 13.2. The number of carbonyl (C=O) groups excluding carboxylic acids is 1. The number of nitrogens with two attached hydrogens (primary N) is 1. The van der Waals surface area contributed by atoms with Crippen LogP contribution in [0, 0.1) is 5.82 Å².